The van der Waals surface area contributed by atoms with E-state index in [1.165, 1.54) is 6.20 Å². The molecule has 0 aromatic carbocycles. The summed E-state index contributed by atoms with van der Waals surface area (Å²) < 4.78 is 2.41. The first kappa shape index (κ1) is 10.5. The molecule has 5 heteroatoms. The number of halogens is 1. The third kappa shape index (κ3) is 2.34. The van der Waals surface area contributed by atoms with Gasteiger partial charge in [-0.2, -0.15) is 0 Å². The van der Waals surface area contributed by atoms with Gasteiger partial charge < -0.3 is 0 Å². The topological polar surface area (TPSA) is 52.0 Å². The van der Waals surface area contributed by atoms with Crippen LogP contribution in [0.25, 0.3) is 0 Å². The van der Waals surface area contributed by atoms with Crippen LogP contribution < -0.4 is 5.69 Å². The van der Waals surface area contributed by atoms with Crippen LogP contribution in [0.2, 0.25) is 0 Å². The van der Waals surface area contributed by atoms with Gasteiger partial charge in [-0.15, -0.1) is 0 Å². The average molecular weight is 271 g/mol. The Labute approximate surface area is 95.5 Å². The third-order valence-electron chi connectivity index (χ3n) is 2.69. The summed E-state index contributed by atoms with van der Waals surface area (Å²) in [5.74, 6) is 0.294. The van der Waals surface area contributed by atoms with E-state index in [1.807, 2.05) is 0 Å². The molecular formula is C10H11BrN2O2. The molecule has 80 valence electrons. The molecule has 1 fully saturated rings. The predicted molar refractivity (Wildman–Crippen MR) is 58.7 cm³/mol. The fourth-order valence-corrected chi connectivity index (χ4v) is 2.19. The van der Waals surface area contributed by atoms with Crippen LogP contribution in [0.15, 0.2) is 21.7 Å². The van der Waals surface area contributed by atoms with Gasteiger partial charge >= 0.3 is 5.69 Å². The molecule has 2 rings (SSSR count). The lowest BCUT2D eigenvalue weighted by molar-refractivity contribution is -0.120. The Hall–Kier alpha value is -0.970. The summed E-state index contributed by atoms with van der Waals surface area (Å²) in [7, 11) is 0. The van der Waals surface area contributed by atoms with E-state index in [0.29, 0.717) is 18.6 Å². The van der Waals surface area contributed by atoms with Crippen LogP contribution in [0, 0.1) is 0 Å². The maximum atomic E-state index is 11.5. The van der Waals surface area contributed by atoms with Gasteiger partial charge in [-0.1, -0.05) is 0 Å². The zero-order chi connectivity index (χ0) is 10.8. The Morgan fingerprint density at radius 3 is 2.67 bits per heavy atom. The number of rotatable bonds is 1. The first-order valence-corrected chi connectivity index (χ1v) is 5.71. The van der Waals surface area contributed by atoms with Crippen molar-refractivity contribution in [3.8, 4) is 0 Å². The van der Waals surface area contributed by atoms with Gasteiger partial charge in [-0.05, 0) is 28.8 Å². The Kier molecular flexibility index (Phi) is 3.00. The summed E-state index contributed by atoms with van der Waals surface area (Å²) >= 11 is 3.29. The van der Waals surface area contributed by atoms with Gasteiger partial charge in [-0.3, -0.25) is 9.36 Å². The van der Waals surface area contributed by atoms with Crippen molar-refractivity contribution in [1.82, 2.24) is 9.55 Å². The molecule has 0 unspecified atom stereocenters. The quantitative estimate of drug-likeness (QED) is 0.781. The SMILES string of the molecule is O=C1CCC(n2cc(Br)cnc2=O)CC1. The maximum absolute atomic E-state index is 11.5. The molecule has 15 heavy (non-hydrogen) atoms. The average Bonchev–Trinajstić information content (AvgIpc) is 2.23. The number of hydrogen-bond acceptors (Lipinski definition) is 3. The maximum Gasteiger partial charge on any atom is 0.347 e. The highest BCUT2D eigenvalue weighted by Crippen LogP contribution is 2.25. The second-order valence-electron chi connectivity index (χ2n) is 3.73. The van der Waals surface area contributed by atoms with E-state index < -0.39 is 0 Å². The molecule has 1 saturated carbocycles. The fraction of sp³-hybridized carbons (Fsp3) is 0.500. The fourth-order valence-electron chi connectivity index (χ4n) is 1.87. The molecule has 1 aliphatic carbocycles. The number of nitrogens with zero attached hydrogens (tertiary/aromatic N) is 2. The van der Waals surface area contributed by atoms with E-state index in [-0.39, 0.29) is 11.7 Å². The van der Waals surface area contributed by atoms with Gasteiger partial charge in [0, 0.05) is 31.3 Å². The van der Waals surface area contributed by atoms with Crippen molar-refractivity contribution in [2.45, 2.75) is 31.7 Å². The summed E-state index contributed by atoms with van der Waals surface area (Å²) in [4.78, 5) is 26.3. The normalized spacial score (nSPS) is 18.1. The Balaban J connectivity index is 2.26. The van der Waals surface area contributed by atoms with Crippen molar-refractivity contribution in [3.63, 3.8) is 0 Å². The molecule has 0 radical (unpaired) electrons. The molecule has 4 nitrogen and oxygen atoms in total. The minimum atomic E-state index is -0.238. The van der Waals surface area contributed by atoms with Crippen LogP contribution in [0.5, 0.6) is 0 Å². The second kappa shape index (κ2) is 4.26. The zero-order valence-electron chi connectivity index (χ0n) is 8.15. The summed E-state index contributed by atoms with van der Waals surface area (Å²) in [5.41, 5.74) is -0.238. The largest absolute Gasteiger partial charge is 0.347 e. The number of ketones is 1. The highest BCUT2D eigenvalue weighted by molar-refractivity contribution is 9.10. The summed E-state index contributed by atoms with van der Waals surface area (Å²) in [6.07, 6.45) is 5.88. The van der Waals surface area contributed by atoms with Crippen LogP contribution in [-0.2, 0) is 4.79 Å². The van der Waals surface area contributed by atoms with Crippen molar-refractivity contribution in [2.24, 2.45) is 0 Å². The van der Waals surface area contributed by atoms with Gasteiger partial charge in [0.25, 0.3) is 0 Å². The van der Waals surface area contributed by atoms with Crippen LogP contribution in [0.4, 0.5) is 0 Å². The molecular weight excluding hydrogens is 260 g/mol. The zero-order valence-corrected chi connectivity index (χ0v) is 9.74. The lowest BCUT2D eigenvalue weighted by Gasteiger charge is -2.22. The number of hydrogen-bond donors (Lipinski definition) is 0. The molecule has 1 aromatic heterocycles. The van der Waals surface area contributed by atoms with Crippen molar-refractivity contribution >= 4 is 21.7 Å². The molecule has 1 aromatic rings. The predicted octanol–water partition coefficient (Wildman–Crippen LogP) is 1.69. The molecule has 0 N–H and O–H groups in total. The smallest absolute Gasteiger partial charge is 0.300 e. The highest BCUT2D eigenvalue weighted by atomic mass is 79.9. The van der Waals surface area contributed by atoms with E-state index in [1.54, 1.807) is 10.8 Å². The monoisotopic (exact) mass is 270 g/mol. The summed E-state index contributed by atoms with van der Waals surface area (Å²) in [5, 5.41) is 0. The van der Waals surface area contributed by atoms with Crippen molar-refractivity contribution in [1.29, 1.82) is 0 Å². The molecule has 1 aliphatic rings. The number of Topliss-reactive ketones (excluding diaryl/α,β-unsaturated/α-hetero) is 1. The standard InChI is InChI=1S/C10H11BrN2O2/c11-7-5-12-10(15)13(6-7)8-1-3-9(14)4-2-8/h5-6,8H,1-4H2. The van der Waals surface area contributed by atoms with Gasteiger partial charge in [0.05, 0.1) is 4.47 Å². The van der Waals surface area contributed by atoms with E-state index in [9.17, 15) is 9.59 Å². The van der Waals surface area contributed by atoms with Gasteiger partial charge in [0.1, 0.15) is 5.78 Å². The van der Waals surface area contributed by atoms with Crippen molar-refractivity contribution in [2.75, 3.05) is 0 Å². The third-order valence-corrected chi connectivity index (χ3v) is 3.10. The molecule has 0 bridgehead atoms. The first-order valence-electron chi connectivity index (χ1n) is 4.92. The Morgan fingerprint density at radius 1 is 1.33 bits per heavy atom. The summed E-state index contributed by atoms with van der Waals surface area (Å²) in [6, 6.07) is 0.125. The van der Waals surface area contributed by atoms with Crippen LogP contribution >= 0.6 is 15.9 Å². The molecule has 0 spiro atoms. The number of carbonyl (C=O) groups is 1. The van der Waals surface area contributed by atoms with Gasteiger partial charge in [0.2, 0.25) is 0 Å². The van der Waals surface area contributed by atoms with Crippen molar-refractivity contribution in [3.05, 3.63) is 27.4 Å². The van der Waals surface area contributed by atoms with E-state index in [4.69, 9.17) is 0 Å². The molecule has 0 amide bonds. The molecule has 0 saturated heterocycles. The Bertz CT molecular complexity index is 431. The second-order valence-corrected chi connectivity index (χ2v) is 4.65. The lowest BCUT2D eigenvalue weighted by atomic mass is 9.94. The Morgan fingerprint density at radius 2 is 2.00 bits per heavy atom. The van der Waals surface area contributed by atoms with Gasteiger partial charge in [0.15, 0.2) is 0 Å². The first-order chi connectivity index (χ1) is 7.16. The van der Waals surface area contributed by atoms with E-state index in [2.05, 4.69) is 20.9 Å². The number of carbonyl (C=O) groups excluding carboxylic acids is 1. The molecule has 1 heterocycles. The van der Waals surface area contributed by atoms with Crippen molar-refractivity contribution < 1.29 is 4.79 Å². The van der Waals surface area contributed by atoms with Crippen LogP contribution in [0.1, 0.15) is 31.7 Å². The van der Waals surface area contributed by atoms with Gasteiger partial charge in [-0.25, -0.2) is 9.78 Å². The minimum Gasteiger partial charge on any atom is -0.300 e. The molecule has 0 aliphatic heterocycles. The molecule has 0 atom stereocenters. The van der Waals surface area contributed by atoms with E-state index in [0.717, 1.165) is 17.3 Å². The minimum absolute atomic E-state index is 0.125. The number of aromatic nitrogens is 2. The summed E-state index contributed by atoms with van der Waals surface area (Å²) in [6.45, 7) is 0. The van der Waals surface area contributed by atoms with E-state index >= 15 is 0 Å². The van der Waals surface area contributed by atoms with Crippen LogP contribution in [-0.4, -0.2) is 15.3 Å². The lowest BCUT2D eigenvalue weighted by Crippen LogP contribution is -2.29. The van der Waals surface area contributed by atoms with Crippen LogP contribution in [0.3, 0.4) is 0 Å². The highest BCUT2D eigenvalue weighted by Gasteiger charge is 2.20.